The normalized spacial score (nSPS) is 19.2. The van der Waals surface area contributed by atoms with Gasteiger partial charge in [0.15, 0.2) is 5.11 Å². The summed E-state index contributed by atoms with van der Waals surface area (Å²) in [6, 6.07) is 6.40. The zero-order valence-electron chi connectivity index (χ0n) is 17.1. The average Bonchev–Trinajstić information content (AvgIpc) is 2.67. The minimum absolute atomic E-state index is 0.0502. The van der Waals surface area contributed by atoms with Gasteiger partial charge < -0.3 is 20.9 Å². The number of carbonyl (C=O) groups is 1. The van der Waals surface area contributed by atoms with E-state index < -0.39 is 0 Å². The van der Waals surface area contributed by atoms with Crippen molar-refractivity contribution in [1.29, 1.82) is 0 Å². The molecule has 2 aliphatic heterocycles. The Bertz CT molecular complexity index is 681. The van der Waals surface area contributed by atoms with Crippen molar-refractivity contribution in [3.63, 3.8) is 0 Å². The quantitative estimate of drug-likeness (QED) is 0.658. The Morgan fingerprint density at radius 2 is 1.82 bits per heavy atom. The van der Waals surface area contributed by atoms with Crippen molar-refractivity contribution in [3.05, 3.63) is 23.8 Å². The molecule has 2 fully saturated rings. The zero-order chi connectivity index (χ0) is 19.9. The largest absolute Gasteiger partial charge is 0.360 e. The molecule has 154 valence electrons. The van der Waals surface area contributed by atoms with E-state index in [4.69, 9.17) is 12.2 Å². The summed E-state index contributed by atoms with van der Waals surface area (Å²) in [7, 11) is 2.15. The summed E-state index contributed by atoms with van der Waals surface area (Å²) in [6.07, 6.45) is 5.85. The van der Waals surface area contributed by atoms with Crippen LogP contribution >= 0.6 is 12.2 Å². The van der Waals surface area contributed by atoms with E-state index in [0.29, 0.717) is 17.7 Å². The van der Waals surface area contributed by atoms with Gasteiger partial charge in [-0.1, -0.05) is 12.5 Å². The van der Waals surface area contributed by atoms with Crippen LogP contribution in [0.15, 0.2) is 18.2 Å². The molecule has 6 nitrogen and oxygen atoms in total. The van der Waals surface area contributed by atoms with E-state index in [0.717, 1.165) is 56.0 Å². The Hall–Kier alpha value is -1.70. The third-order valence-corrected chi connectivity index (χ3v) is 5.86. The van der Waals surface area contributed by atoms with E-state index in [1.54, 1.807) is 0 Å². The number of nitrogens with zero attached hydrogens (tertiary/aromatic N) is 2. The predicted octanol–water partition coefficient (Wildman–Crippen LogP) is 2.80. The first kappa shape index (κ1) is 21.0. The number of likely N-dealkylation sites (tertiary alicyclic amines) is 2. The van der Waals surface area contributed by atoms with Crippen LogP contribution in [0.25, 0.3) is 0 Å². The highest BCUT2D eigenvalue weighted by molar-refractivity contribution is 7.80. The van der Waals surface area contributed by atoms with Gasteiger partial charge in [0.25, 0.3) is 0 Å². The molecular formula is C21H33N5OS. The third-order valence-electron chi connectivity index (χ3n) is 5.64. The second kappa shape index (κ2) is 10.2. The number of nitrogens with one attached hydrogen (secondary N) is 3. The highest BCUT2D eigenvalue weighted by Crippen LogP contribution is 2.21. The molecule has 0 saturated carbocycles. The molecule has 0 aliphatic carbocycles. The maximum absolute atomic E-state index is 12.4. The molecule has 2 saturated heterocycles. The molecule has 0 unspecified atom stereocenters. The molecule has 7 heteroatoms. The van der Waals surface area contributed by atoms with Crippen LogP contribution in [0.5, 0.6) is 0 Å². The van der Waals surface area contributed by atoms with Crippen molar-refractivity contribution in [2.45, 2.75) is 45.1 Å². The molecule has 0 atom stereocenters. The molecule has 0 aromatic heterocycles. The molecule has 1 aromatic carbocycles. The van der Waals surface area contributed by atoms with Crippen molar-refractivity contribution in [1.82, 2.24) is 15.1 Å². The summed E-state index contributed by atoms with van der Waals surface area (Å²) in [5, 5.41) is 10.4. The fraction of sp³-hybridized carbons (Fsp3) is 0.619. The second-order valence-electron chi connectivity index (χ2n) is 8.09. The number of carbonyl (C=O) groups excluding carboxylic acids is 1. The van der Waals surface area contributed by atoms with E-state index in [2.05, 4.69) is 32.8 Å². The molecule has 0 spiro atoms. The summed E-state index contributed by atoms with van der Waals surface area (Å²) < 4.78 is 0. The fourth-order valence-electron chi connectivity index (χ4n) is 3.85. The van der Waals surface area contributed by atoms with Gasteiger partial charge >= 0.3 is 0 Å². The zero-order valence-corrected chi connectivity index (χ0v) is 17.9. The maximum Gasteiger partial charge on any atom is 0.238 e. The molecule has 2 aliphatic rings. The minimum atomic E-state index is 0.0502. The van der Waals surface area contributed by atoms with Gasteiger partial charge in [-0.2, -0.15) is 0 Å². The Morgan fingerprint density at radius 1 is 1.11 bits per heavy atom. The molecule has 2 heterocycles. The molecule has 3 N–H and O–H groups in total. The van der Waals surface area contributed by atoms with E-state index in [1.807, 2.05) is 25.1 Å². The van der Waals surface area contributed by atoms with Crippen molar-refractivity contribution in [2.24, 2.45) is 0 Å². The maximum atomic E-state index is 12.4. The minimum Gasteiger partial charge on any atom is -0.360 e. The first-order chi connectivity index (χ1) is 13.5. The molecule has 3 rings (SSSR count). The van der Waals surface area contributed by atoms with E-state index >= 15 is 0 Å². The highest BCUT2D eigenvalue weighted by atomic mass is 32.1. The summed E-state index contributed by atoms with van der Waals surface area (Å²) >= 11 is 5.49. The van der Waals surface area contributed by atoms with Crippen LogP contribution in [0.4, 0.5) is 11.4 Å². The fourth-order valence-corrected chi connectivity index (χ4v) is 4.13. The number of amides is 1. The van der Waals surface area contributed by atoms with Gasteiger partial charge in [0, 0.05) is 17.4 Å². The lowest BCUT2D eigenvalue weighted by Crippen LogP contribution is -2.44. The van der Waals surface area contributed by atoms with E-state index in [1.165, 1.54) is 19.3 Å². The second-order valence-corrected chi connectivity index (χ2v) is 8.50. The Morgan fingerprint density at radius 3 is 2.54 bits per heavy atom. The van der Waals surface area contributed by atoms with Gasteiger partial charge in [-0.15, -0.1) is 0 Å². The standard InChI is InChI=1S/C21H33N5OS/c1-16-6-7-18(23-21(28)22-17-8-12-25(2)13-9-17)14-19(16)24-20(27)15-26-10-4-3-5-11-26/h6-7,14,17H,3-5,8-13,15H2,1-2H3,(H,24,27)(H2,22,23,28). The topological polar surface area (TPSA) is 59.6 Å². The number of piperidine rings is 2. The highest BCUT2D eigenvalue weighted by Gasteiger charge is 2.17. The molecule has 1 amide bonds. The lowest BCUT2D eigenvalue weighted by atomic mass is 10.1. The number of anilines is 2. The molecule has 1 aromatic rings. The van der Waals surface area contributed by atoms with Gasteiger partial charge in [-0.25, -0.2) is 0 Å². The van der Waals surface area contributed by atoms with Crippen LogP contribution in [0.2, 0.25) is 0 Å². The lowest BCUT2D eigenvalue weighted by molar-refractivity contribution is -0.117. The molecular weight excluding hydrogens is 370 g/mol. The monoisotopic (exact) mass is 403 g/mol. The van der Waals surface area contributed by atoms with Gasteiger partial charge in [0.05, 0.1) is 6.54 Å². The Balaban J connectivity index is 1.52. The van der Waals surface area contributed by atoms with Gasteiger partial charge in [-0.3, -0.25) is 9.69 Å². The number of hydrogen-bond donors (Lipinski definition) is 3. The first-order valence-electron chi connectivity index (χ1n) is 10.4. The van der Waals surface area contributed by atoms with Crippen LogP contribution < -0.4 is 16.0 Å². The van der Waals surface area contributed by atoms with E-state index in [-0.39, 0.29) is 5.91 Å². The van der Waals surface area contributed by atoms with Crippen molar-refractivity contribution in [2.75, 3.05) is 50.4 Å². The number of rotatable bonds is 5. The average molecular weight is 404 g/mol. The molecule has 28 heavy (non-hydrogen) atoms. The third kappa shape index (κ3) is 6.43. The van der Waals surface area contributed by atoms with Crippen LogP contribution in [-0.4, -0.2) is 66.6 Å². The first-order valence-corrected chi connectivity index (χ1v) is 10.8. The van der Waals surface area contributed by atoms with Gasteiger partial charge in [-0.05, 0) is 95.7 Å². The predicted molar refractivity (Wildman–Crippen MR) is 120 cm³/mol. The smallest absolute Gasteiger partial charge is 0.238 e. The lowest BCUT2D eigenvalue weighted by Gasteiger charge is -2.30. The summed E-state index contributed by atoms with van der Waals surface area (Å²) in [4.78, 5) is 17.0. The van der Waals surface area contributed by atoms with Crippen molar-refractivity contribution in [3.8, 4) is 0 Å². The summed E-state index contributed by atoms with van der Waals surface area (Å²) in [5.74, 6) is 0.0502. The van der Waals surface area contributed by atoms with Crippen LogP contribution in [0.3, 0.4) is 0 Å². The van der Waals surface area contributed by atoms with Crippen LogP contribution in [-0.2, 0) is 4.79 Å². The van der Waals surface area contributed by atoms with Gasteiger partial charge in [0.2, 0.25) is 5.91 Å². The number of aryl methyl sites for hydroxylation is 1. The van der Waals surface area contributed by atoms with Gasteiger partial charge in [0.1, 0.15) is 0 Å². The molecule has 0 bridgehead atoms. The SMILES string of the molecule is Cc1ccc(NC(=S)NC2CCN(C)CC2)cc1NC(=O)CN1CCCCC1. The van der Waals surface area contributed by atoms with Crippen LogP contribution in [0.1, 0.15) is 37.7 Å². The number of benzene rings is 1. The Kier molecular flexibility index (Phi) is 7.65. The van der Waals surface area contributed by atoms with Crippen LogP contribution in [0, 0.1) is 6.92 Å². The van der Waals surface area contributed by atoms with Crippen molar-refractivity contribution >= 4 is 34.6 Å². The number of hydrogen-bond acceptors (Lipinski definition) is 4. The summed E-state index contributed by atoms with van der Waals surface area (Å²) in [5.41, 5.74) is 2.78. The van der Waals surface area contributed by atoms with E-state index in [9.17, 15) is 4.79 Å². The van der Waals surface area contributed by atoms with Crippen molar-refractivity contribution < 1.29 is 4.79 Å². The summed E-state index contributed by atoms with van der Waals surface area (Å²) in [6.45, 7) is 6.70. The number of thiocarbonyl (C=S) groups is 1. The Labute approximate surface area is 174 Å². The molecule has 0 radical (unpaired) electrons.